The average Bonchev–Trinajstić information content (AvgIpc) is 1.65. The lowest BCUT2D eigenvalue weighted by molar-refractivity contribution is 0.566. The topological polar surface area (TPSA) is 69.1 Å². The third-order valence-corrected chi connectivity index (χ3v) is 1.07. The second kappa shape index (κ2) is 3.14. The molecule has 0 saturated heterocycles. The molecule has 0 saturated carbocycles. The van der Waals surface area contributed by atoms with Crippen LogP contribution in [0.4, 0.5) is 0 Å². The van der Waals surface area contributed by atoms with Gasteiger partial charge in [-0.1, -0.05) is 0 Å². The molecule has 0 fully saturated rings. The normalized spacial score (nSPS) is 13.7. The number of hydrogen-bond donors (Lipinski definition) is 2. The number of rotatable bonds is 2. The van der Waals surface area contributed by atoms with Gasteiger partial charge in [-0.05, 0) is 0 Å². The van der Waals surface area contributed by atoms with E-state index in [1.807, 2.05) is 0 Å². The first kappa shape index (κ1) is 5.94. The standard InChI is InChI=1S/C2H8N2OSi/c3-1-2(4)6-5/h2,6H,1,3-4H2. The molecule has 0 heterocycles. The third kappa shape index (κ3) is 2.19. The monoisotopic (exact) mass is 104 g/mol. The third-order valence-electron chi connectivity index (χ3n) is 0.447. The molecule has 6 heavy (non-hydrogen) atoms. The molecule has 0 aliphatic heterocycles. The van der Waals surface area contributed by atoms with Crippen LogP contribution in [0.2, 0.25) is 0 Å². The molecular weight excluding hydrogens is 96.1 g/mol. The smallest absolute Gasteiger partial charge is 0.280 e. The fourth-order valence-electron chi connectivity index (χ4n) is 0.0556. The van der Waals surface area contributed by atoms with E-state index in [-0.39, 0.29) is 5.67 Å². The number of hydrogen-bond acceptors (Lipinski definition) is 3. The van der Waals surface area contributed by atoms with Crippen LogP contribution in [-0.2, 0) is 4.46 Å². The van der Waals surface area contributed by atoms with Crippen LogP contribution in [0, 0.1) is 0 Å². The summed E-state index contributed by atoms with van der Waals surface area (Å²) in [5, 5.41) is 0. The van der Waals surface area contributed by atoms with Gasteiger partial charge in [0, 0.05) is 6.54 Å². The van der Waals surface area contributed by atoms with Crippen molar-refractivity contribution in [1.82, 2.24) is 0 Å². The predicted molar refractivity (Wildman–Crippen MR) is 24.9 cm³/mol. The maximum absolute atomic E-state index is 9.74. The maximum atomic E-state index is 9.74. The van der Waals surface area contributed by atoms with Gasteiger partial charge in [-0.3, -0.25) is 0 Å². The Bertz CT molecular complexity index is 48.8. The zero-order valence-corrected chi connectivity index (χ0v) is 4.58. The van der Waals surface area contributed by atoms with Crippen molar-refractivity contribution in [1.29, 1.82) is 0 Å². The molecule has 0 aliphatic carbocycles. The zero-order chi connectivity index (χ0) is 4.99. The van der Waals surface area contributed by atoms with Gasteiger partial charge in [0.05, 0.1) is 5.67 Å². The SMILES string of the molecule is NCC(N)[SiH]=O. The van der Waals surface area contributed by atoms with Crippen molar-refractivity contribution in [3.8, 4) is 0 Å². The minimum atomic E-state index is -0.862. The summed E-state index contributed by atoms with van der Waals surface area (Å²) in [5.74, 6) is 0. The molecule has 4 N–H and O–H groups in total. The molecule has 3 nitrogen and oxygen atoms in total. The Balaban J connectivity index is 2.96. The first-order valence-electron chi connectivity index (χ1n) is 1.72. The van der Waals surface area contributed by atoms with Crippen LogP contribution in [0.15, 0.2) is 0 Å². The van der Waals surface area contributed by atoms with Crippen LogP contribution in [-0.4, -0.2) is 21.6 Å². The molecule has 0 rings (SSSR count). The lowest BCUT2D eigenvalue weighted by Gasteiger charge is -1.90. The second-order valence-electron chi connectivity index (χ2n) is 1.04. The molecular formula is C2H8N2OSi. The average molecular weight is 104 g/mol. The van der Waals surface area contributed by atoms with Crippen molar-refractivity contribution in [3.05, 3.63) is 0 Å². The van der Waals surface area contributed by atoms with Crippen LogP contribution in [0.25, 0.3) is 0 Å². The summed E-state index contributed by atoms with van der Waals surface area (Å²) in [4.78, 5) is 0. The Morgan fingerprint density at radius 1 is 1.83 bits per heavy atom. The Labute approximate surface area is 38.6 Å². The fraction of sp³-hybridized carbons (Fsp3) is 1.00. The first-order chi connectivity index (χ1) is 2.81. The van der Waals surface area contributed by atoms with Crippen molar-refractivity contribution in [2.75, 3.05) is 6.54 Å². The molecule has 36 valence electrons. The summed E-state index contributed by atoms with van der Waals surface area (Å²) in [7, 11) is -0.862. The van der Waals surface area contributed by atoms with Crippen LogP contribution in [0.1, 0.15) is 0 Å². The van der Waals surface area contributed by atoms with Crippen LogP contribution in [0.3, 0.4) is 0 Å². The summed E-state index contributed by atoms with van der Waals surface area (Å²) in [6.45, 7) is 0.332. The van der Waals surface area contributed by atoms with Gasteiger partial charge in [-0.25, -0.2) is 0 Å². The van der Waals surface area contributed by atoms with Crippen molar-refractivity contribution in [2.45, 2.75) is 5.67 Å². The fourth-order valence-corrected chi connectivity index (χ4v) is 0.167. The van der Waals surface area contributed by atoms with E-state index in [9.17, 15) is 4.46 Å². The van der Waals surface area contributed by atoms with Gasteiger partial charge in [0.15, 0.2) is 0 Å². The summed E-state index contributed by atoms with van der Waals surface area (Å²) in [5.41, 5.74) is 9.79. The van der Waals surface area contributed by atoms with E-state index in [0.717, 1.165) is 0 Å². The molecule has 1 atom stereocenters. The highest BCUT2D eigenvalue weighted by Crippen LogP contribution is 1.54. The minimum absolute atomic E-state index is 0.259. The molecule has 1 unspecified atom stereocenters. The summed E-state index contributed by atoms with van der Waals surface area (Å²) in [6.07, 6.45) is 0. The lowest BCUT2D eigenvalue weighted by Crippen LogP contribution is -2.31. The molecule has 0 radical (unpaired) electrons. The van der Waals surface area contributed by atoms with E-state index in [0.29, 0.717) is 6.54 Å². The van der Waals surface area contributed by atoms with E-state index in [2.05, 4.69) is 0 Å². The summed E-state index contributed by atoms with van der Waals surface area (Å²) in [6, 6.07) is 0. The maximum Gasteiger partial charge on any atom is 0.280 e. The quantitative estimate of drug-likeness (QED) is 0.399. The highest BCUT2D eigenvalue weighted by atomic mass is 28.2. The van der Waals surface area contributed by atoms with Crippen molar-refractivity contribution >= 4 is 9.41 Å². The van der Waals surface area contributed by atoms with E-state index in [4.69, 9.17) is 11.5 Å². The summed E-state index contributed by atoms with van der Waals surface area (Å²) < 4.78 is 9.74. The Hall–Kier alpha value is -0.0631. The predicted octanol–water partition coefficient (Wildman–Crippen LogP) is -1.99. The van der Waals surface area contributed by atoms with Crippen LogP contribution in [0.5, 0.6) is 0 Å². The Morgan fingerprint density at radius 3 is 2.33 bits per heavy atom. The van der Waals surface area contributed by atoms with E-state index < -0.39 is 9.41 Å². The minimum Gasteiger partial charge on any atom is -0.390 e. The second-order valence-corrected chi connectivity index (χ2v) is 2.16. The molecule has 0 spiro atoms. The van der Waals surface area contributed by atoms with Gasteiger partial charge < -0.3 is 15.9 Å². The molecule has 0 aromatic heterocycles. The number of nitrogens with two attached hydrogens (primary N) is 2. The van der Waals surface area contributed by atoms with Crippen LogP contribution < -0.4 is 11.5 Å². The van der Waals surface area contributed by atoms with Gasteiger partial charge in [-0.15, -0.1) is 0 Å². The van der Waals surface area contributed by atoms with Crippen molar-refractivity contribution in [2.24, 2.45) is 11.5 Å². The summed E-state index contributed by atoms with van der Waals surface area (Å²) >= 11 is 0. The molecule has 0 bridgehead atoms. The van der Waals surface area contributed by atoms with Crippen molar-refractivity contribution < 1.29 is 4.46 Å². The molecule has 0 aliphatic rings. The zero-order valence-electron chi connectivity index (χ0n) is 3.42. The highest BCUT2D eigenvalue weighted by molar-refractivity contribution is 6.19. The Morgan fingerprint density at radius 2 is 2.33 bits per heavy atom. The van der Waals surface area contributed by atoms with Crippen LogP contribution >= 0.6 is 0 Å². The van der Waals surface area contributed by atoms with Gasteiger partial charge in [-0.2, -0.15) is 0 Å². The van der Waals surface area contributed by atoms with Crippen molar-refractivity contribution in [3.63, 3.8) is 0 Å². The van der Waals surface area contributed by atoms with Gasteiger partial charge in [0.25, 0.3) is 9.41 Å². The molecule has 0 aromatic carbocycles. The van der Waals surface area contributed by atoms with E-state index in [1.54, 1.807) is 0 Å². The highest BCUT2D eigenvalue weighted by Gasteiger charge is 1.91. The largest absolute Gasteiger partial charge is 0.390 e. The van der Waals surface area contributed by atoms with E-state index >= 15 is 0 Å². The van der Waals surface area contributed by atoms with E-state index in [1.165, 1.54) is 0 Å². The van der Waals surface area contributed by atoms with Gasteiger partial charge in [0.1, 0.15) is 0 Å². The molecule has 4 heteroatoms. The van der Waals surface area contributed by atoms with Gasteiger partial charge >= 0.3 is 0 Å². The molecule has 0 amide bonds. The Kier molecular flexibility index (Phi) is 3.11. The molecule has 0 aromatic rings. The first-order valence-corrected chi connectivity index (χ1v) is 2.86. The lowest BCUT2D eigenvalue weighted by atomic mass is 10.7. The van der Waals surface area contributed by atoms with Gasteiger partial charge in [0.2, 0.25) is 0 Å².